The Balaban J connectivity index is 0.0000168. The molecule has 0 fully saturated rings. The predicted molar refractivity (Wildman–Crippen MR) is 231 cm³/mol. The summed E-state index contributed by atoms with van der Waals surface area (Å²) in [7, 11) is 0. The van der Waals surface area contributed by atoms with Crippen LogP contribution in [0, 0.1) is 14.3 Å². The standard InChI is InChI=1S/C32H41I4N5O16.W/c33-23-21(31(56)37-5-14(44)12-42)24(34)28(53)16(27(23)52)7-40(10-19(48)49)3-1-39(9-18(46)47)2-4-41(11-20(50)51)8-17-29(54)25(35)22(26(36)30(17)55)32(57)38-6-15(45)13-43;/h14-15,42-45,52-55H,1-13H2,(H,37,56)(H,38,57)(H,46,47)(H,48,49)(H,50,51);. The van der Waals surface area contributed by atoms with Gasteiger partial charge in [-0.15, -0.1) is 0 Å². The number of carboxylic acid groups (broad SMARTS) is 3. The summed E-state index contributed by atoms with van der Waals surface area (Å²) in [6, 6.07) is 0. The Morgan fingerprint density at radius 2 is 0.776 bits per heavy atom. The van der Waals surface area contributed by atoms with Gasteiger partial charge in [0.25, 0.3) is 11.8 Å². The number of nitrogens with zero attached hydrogens (tertiary/aromatic N) is 3. The minimum absolute atomic E-state index is 0. The molecule has 0 spiro atoms. The maximum atomic E-state index is 12.8. The number of aromatic hydroxyl groups is 4. The summed E-state index contributed by atoms with van der Waals surface area (Å²) in [4.78, 5) is 65.1. The first-order valence-corrected chi connectivity index (χ1v) is 20.8. The van der Waals surface area contributed by atoms with Crippen molar-refractivity contribution in [1.29, 1.82) is 0 Å². The van der Waals surface area contributed by atoms with E-state index in [0.29, 0.717) is 0 Å². The van der Waals surface area contributed by atoms with Crippen LogP contribution in [0.5, 0.6) is 23.0 Å². The molecule has 0 aromatic heterocycles. The number of aliphatic carboxylic acids is 3. The summed E-state index contributed by atoms with van der Waals surface area (Å²) in [6.45, 7) is -5.04. The van der Waals surface area contributed by atoms with E-state index in [2.05, 4.69) is 10.6 Å². The quantitative estimate of drug-likeness (QED) is 0.0558. The van der Waals surface area contributed by atoms with E-state index in [1.54, 1.807) is 90.4 Å². The fourth-order valence-electron chi connectivity index (χ4n) is 5.13. The first-order chi connectivity index (χ1) is 26.6. The number of carbonyl (C=O) groups excluding carboxylic acids is 2. The normalized spacial score (nSPS) is 12.3. The Labute approximate surface area is 399 Å². The molecule has 2 rings (SSSR count). The zero-order valence-electron chi connectivity index (χ0n) is 30.1. The van der Waals surface area contributed by atoms with Crippen molar-refractivity contribution >= 4 is 120 Å². The summed E-state index contributed by atoms with van der Waals surface area (Å²) < 4.78 is -0.00248. The van der Waals surface area contributed by atoms with Crippen molar-refractivity contribution in [3.63, 3.8) is 0 Å². The average Bonchev–Trinajstić information content (AvgIpc) is 3.14. The number of rotatable bonds is 24. The van der Waals surface area contributed by atoms with Gasteiger partial charge in [0, 0.05) is 73.4 Å². The van der Waals surface area contributed by atoms with Crippen LogP contribution in [0.4, 0.5) is 0 Å². The van der Waals surface area contributed by atoms with E-state index in [-0.39, 0.29) is 110 Å². The van der Waals surface area contributed by atoms with Gasteiger partial charge in [0.05, 0.1) is 81.6 Å². The number of benzene rings is 2. The van der Waals surface area contributed by atoms with Crippen LogP contribution in [0.3, 0.4) is 0 Å². The molecule has 0 heterocycles. The number of hydrogen-bond acceptors (Lipinski definition) is 16. The molecule has 2 amide bonds. The van der Waals surface area contributed by atoms with Crippen molar-refractivity contribution in [3.05, 3.63) is 36.5 Å². The second-order valence-electron chi connectivity index (χ2n) is 12.3. The van der Waals surface area contributed by atoms with Crippen molar-refractivity contribution in [3.8, 4) is 23.0 Å². The van der Waals surface area contributed by atoms with Crippen molar-refractivity contribution in [2.45, 2.75) is 25.3 Å². The smallest absolute Gasteiger partial charge is 0.317 e. The van der Waals surface area contributed by atoms with E-state index in [9.17, 15) is 69.9 Å². The van der Waals surface area contributed by atoms with Gasteiger partial charge in [-0.1, -0.05) is 0 Å². The van der Waals surface area contributed by atoms with Crippen molar-refractivity contribution in [1.82, 2.24) is 25.3 Å². The Hall–Kier alpha value is -1.68. The third kappa shape index (κ3) is 16.0. The Morgan fingerprint density at radius 1 is 0.517 bits per heavy atom. The number of carbonyl (C=O) groups is 5. The summed E-state index contributed by atoms with van der Waals surface area (Å²) in [5, 5.41) is 115. The molecule has 21 nitrogen and oxygen atoms in total. The maximum Gasteiger partial charge on any atom is 0.317 e. The number of hydrogen-bond donors (Lipinski definition) is 13. The van der Waals surface area contributed by atoms with E-state index >= 15 is 0 Å². The summed E-state index contributed by atoms with van der Waals surface area (Å²) in [5.74, 6) is -7.56. The van der Waals surface area contributed by atoms with Crippen LogP contribution >= 0.6 is 90.4 Å². The Bertz CT molecular complexity index is 1640. The molecule has 0 saturated heterocycles. The molecule has 0 aliphatic rings. The first kappa shape index (κ1) is 54.3. The van der Waals surface area contributed by atoms with Crippen LogP contribution in [0.1, 0.15) is 31.8 Å². The molecule has 0 aliphatic carbocycles. The zero-order chi connectivity index (χ0) is 43.3. The number of aliphatic hydroxyl groups is 4. The number of carboxylic acids is 3. The number of aliphatic hydroxyl groups excluding tert-OH is 4. The van der Waals surface area contributed by atoms with Gasteiger partial charge < -0.3 is 66.8 Å². The molecule has 2 aromatic rings. The number of halogens is 4. The van der Waals surface area contributed by atoms with Gasteiger partial charge >= 0.3 is 17.9 Å². The van der Waals surface area contributed by atoms with Gasteiger partial charge in [-0.2, -0.15) is 0 Å². The van der Waals surface area contributed by atoms with Crippen LogP contribution in [0.2, 0.25) is 0 Å². The molecule has 58 heavy (non-hydrogen) atoms. The van der Waals surface area contributed by atoms with Gasteiger partial charge in [0.15, 0.2) is 0 Å². The molecule has 2 atom stereocenters. The minimum atomic E-state index is -1.30. The molecule has 0 radical (unpaired) electrons. The second kappa shape index (κ2) is 25.9. The zero-order valence-corrected chi connectivity index (χ0v) is 41.6. The third-order valence-corrected chi connectivity index (χ3v) is 12.2. The molecule has 0 bridgehead atoms. The van der Waals surface area contributed by atoms with E-state index in [0.717, 1.165) is 0 Å². The van der Waals surface area contributed by atoms with E-state index in [1.807, 2.05) is 0 Å². The molecule has 2 aromatic carbocycles. The summed E-state index contributed by atoms with van der Waals surface area (Å²) in [5.41, 5.74) is -0.536. The minimum Gasteiger partial charge on any atom is -0.506 e. The number of phenolic OH excluding ortho intramolecular Hbond substituents is 4. The Morgan fingerprint density at radius 3 is 1.03 bits per heavy atom. The van der Waals surface area contributed by atoms with E-state index < -0.39 is 97.8 Å². The number of phenols is 4. The van der Waals surface area contributed by atoms with Gasteiger partial charge in [0.1, 0.15) is 23.0 Å². The third-order valence-electron chi connectivity index (χ3n) is 8.03. The second-order valence-corrected chi connectivity index (χ2v) is 16.6. The summed E-state index contributed by atoms with van der Waals surface area (Å²) >= 11 is 6.65. The molecule has 2 unspecified atom stereocenters. The largest absolute Gasteiger partial charge is 0.506 e. The molecule has 26 heteroatoms. The van der Waals surface area contributed by atoms with Crippen molar-refractivity contribution in [2.24, 2.45) is 0 Å². The fourth-order valence-corrected chi connectivity index (χ4v) is 9.52. The number of amides is 2. The fraction of sp³-hybridized carbons (Fsp3) is 0.469. The van der Waals surface area contributed by atoms with Crippen LogP contribution in [-0.2, 0) is 48.5 Å². The molecular weight excluding hydrogens is 1400 g/mol. The van der Waals surface area contributed by atoms with Crippen LogP contribution in [0.15, 0.2) is 0 Å². The van der Waals surface area contributed by atoms with Gasteiger partial charge in [0.2, 0.25) is 0 Å². The van der Waals surface area contributed by atoms with Gasteiger partial charge in [-0.25, -0.2) is 0 Å². The summed E-state index contributed by atoms with van der Waals surface area (Å²) in [6.07, 6.45) is -2.52. The first-order valence-electron chi connectivity index (χ1n) is 16.4. The van der Waals surface area contributed by atoms with Gasteiger partial charge in [-0.05, 0) is 90.4 Å². The van der Waals surface area contributed by atoms with Crippen LogP contribution < -0.4 is 10.6 Å². The molecule has 0 saturated carbocycles. The number of nitrogens with one attached hydrogen (secondary N) is 2. The Kier molecular flexibility index (Phi) is 24.3. The van der Waals surface area contributed by atoms with Crippen LogP contribution in [0.25, 0.3) is 0 Å². The van der Waals surface area contributed by atoms with Crippen LogP contribution in [-0.4, -0.2) is 185 Å². The van der Waals surface area contributed by atoms with Gasteiger partial charge in [-0.3, -0.25) is 38.7 Å². The monoisotopic (exact) mass is 1440 g/mol. The van der Waals surface area contributed by atoms with E-state index in [1.165, 1.54) is 14.7 Å². The average molecular weight is 1440 g/mol. The molecular formula is C32H41I4N5O16W. The molecule has 324 valence electrons. The topological polar surface area (TPSA) is 342 Å². The van der Waals surface area contributed by atoms with Crippen molar-refractivity contribution < 1.29 is 101 Å². The SMILES string of the molecule is O=C(O)CN(CCN(CC(=O)O)Cc1c(O)c(I)c(C(=O)NCC(O)CO)c(I)c1O)CCN(CC(=O)O)Cc1c(O)c(I)c(C(=O)NCC(O)CO)c(I)c1O.[W]. The predicted octanol–water partition coefficient (Wildman–Crippen LogP) is -1.05. The molecule has 13 N–H and O–H groups in total. The van der Waals surface area contributed by atoms with Crippen molar-refractivity contribution in [2.75, 3.05) is 72.1 Å². The van der Waals surface area contributed by atoms with E-state index in [4.69, 9.17) is 10.2 Å². The maximum absolute atomic E-state index is 12.8. The molecule has 0 aliphatic heterocycles.